The fourth-order valence-corrected chi connectivity index (χ4v) is 5.60. The molecule has 0 aliphatic carbocycles. The number of nitrogens with one attached hydrogen (secondary N) is 2. The Hall–Kier alpha value is -4.08. The van der Waals surface area contributed by atoms with E-state index in [1.54, 1.807) is 43.8 Å². The van der Waals surface area contributed by atoms with Crippen molar-refractivity contribution >= 4 is 51.8 Å². The molecule has 2 N–H and O–H groups in total. The molecule has 3 heterocycles. The largest absolute Gasteiger partial charge is 0.497 e. The molecular formula is C31H31Cl2N5O4. The van der Waals surface area contributed by atoms with Gasteiger partial charge < -0.3 is 24.8 Å². The maximum absolute atomic E-state index is 13.8. The molecule has 2 aromatic heterocycles. The number of amides is 3. The normalized spacial score (nSPS) is 16.1. The fourth-order valence-electron chi connectivity index (χ4n) is 5.13. The molecule has 11 heteroatoms. The van der Waals surface area contributed by atoms with E-state index < -0.39 is 11.5 Å². The van der Waals surface area contributed by atoms with Crippen molar-refractivity contribution in [2.24, 2.45) is 0 Å². The smallest absolute Gasteiger partial charge is 0.247 e. The minimum absolute atomic E-state index is 0.173. The molecule has 218 valence electrons. The van der Waals surface area contributed by atoms with Gasteiger partial charge in [-0.2, -0.15) is 0 Å². The first-order valence-corrected chi connectivity index (χ1v) is 14.4. The second-order valence-corrected chi connectivity index (χ2v) is 11.1. The lowest BCUT2D eigenvalue weighted by Crippen LogP contribution is -2.62. The van der Waals surface area contributed by atoms with Gasteiger partial charge in [-0.25, -0.2) is 0 Å². The van der Waals surface area contributed by atoms with Crippen LogP contribution in [0.3, 0.4) is 0 Å². The predicted octanol–water partition coefficient (Wildman–Crippen LogP) is 4.32. The fraction of sp³-hybridized carbons (Fsp3) is 0.290. The molecule has 2 aromatic carbocycles. The zero-order chi connectivity index (χ0) is 29.6. The molecule has 1 fully saturated rings. The molecule has 1 saturated heterocycles. The standard InChI is InChI=1S/C31H31Cl2N5O4/c1-42-24-6-7-26-25(15-24)22(17-36-26)10-13-35-29(39)16-27-31(41)38(28(33)14-20-2-4-23(32)5-3-20)19-30(40)37(27)18-21-8-11-34-12-9-21/h2-9,11-12,15,17,27-28,36H,10,13-14,16,18-19H2,1H3,(H,35,39). The number of carbonyl (C=O) groups excluding carboxylic acids is 3. The number of aromatic amines is 1. The average molecular weight is 609 g/mol. The first kappa shape index (κ1) is 29.4. The Morgan fingerprint density at radius 2 is 1.88 bits per heavy atom. The van der Waals surface area contributed by atoms with Crippen molar-refractivity contribution in [1.29, 1.82) is 0 Å². The monoisotopic (exact) mass is 607 g/mol. The van der Waals surface area contributed by atoms with E-state index in [0.29, 0.717) is 24.4 Å². The topological polar surface area (TPSA) is 108 Å². The van der Waals surface area contributed by atoms with Gasteiger partial charge in [0.15, 0.2) is 0 Å². The first-order chi connectivity index (χ1) is 20.3. The van der Waals surface area contributed by atoms with E-state index >= 15 is 0 Å². The third-order valence-electron chi connectivity index (χ3n) is 7.40. The number of halogens is 2. The minimum atomic E-state index is -0.997. The van der Waals surface area contributed by atoms with Gasteiger partial charge in [-0.3, -0.25) is 19.4 Å². The molecule has 2 atom stereocenters. The van der Waals surface area contributed by atoms with Gasteiger partial charge in [0, 0.05) is 54.0 Å². The Bertz CT molecular complexity index is 1560. The summed E-state index contributed by atoms with van der Waals surface area (Å²) in [5.74, 6) is -0.223. The number of hydrogen-bond acceptors (Lipinski definition) is 5. The number of rotatable bonds is 11. The predicted molar refractivity (Wildman–Crippen MR) is 161 cm³/mol. The molecule has 0 saturated carbocycles. The van der Waals surface area contributed by atoms with Crippen LogP contribution in [-0.4, -0.2) is 69.2 Å². The molecule has 4 aromatic rings. The van der Waals surface area contributed by atoms with Gasteiger partial charge in [-0.1, -0.05) is 35.3 Å². The van der Waals surface area contributed by atoms with Crippen LogP contribution in [-0.2, 0) is 33.8 Å². The van der Waals surface area contributed by atoms with Gasteiger partial charge in [-0.15, -0.1) is 0 Å². The number of aromatic nitrogens is 2. The number of methoxy groups -OCH3 is 1. The van der Waals surface area contributed by atoms with Crippen molar-refractivity contribution in [2.45, 2.75) is 37.4 Å². The van der Waals surface area contributed by atoms with Crippen molar-refractivity contribution in [2.75, 3.05) is 20.2 Å². The summed E-state index contributed by atoms with van der Waals surface area (Å²) in [6.45, 7) is 0.370. The summed E-state index contributed by atoms with van der Waals surface area (Å²) in [4.78, 5) is 50.4. The van der Waals surface area contributed by atoms with Crippen molar-refractivity contribution in [3.8, 4) is 5.75 Å². The Labute approximate surface area is 253 Å². The molecule has 5 rings (SSSR count). The number of piperazine rings is 1. The maximum atomic E-state index is 13.8. The minimum Gasteiger partial charge on any atom is -0.497 e. The SMILES string of the molecule is COc1ccc2[nH]cc(CCNC(=O)CC3C(=O)N(C(Cl)Cc4ccc(Cl)cc4)CC(=O)N3Cc3ccncc3)c2c1. The Morgan fingerprint density at radius 1 is 1.12 bits per heavy atom. The first-order valence-electron chi connectivity index (χ1n) is 13.6. The van der Waals surface area contributed by atoms with Crippen molar-refractivity contribution in [1.82, 2.24) is 25.1 Å². The summed E-state index contributed by atoms with van der Waals surface area (Å²) in [5, 5.41) is 4.53. The molecule has 9 nitrogen and oxygen atoms in total. The second-order valence-electron chi connectivity index (χ2n) is 10.2. The lowest BCUT2D eigenvalue weighted by atomic mass is 10.0. The number of nitrogens with zero attached hydrogens (tertiary/aromatic N) is 3. The van der Waals surface area contributed by atoms with Crippen LogP contribution in [0.15, 0.2) is 73.2 Å². The highest BCUT2D eigenvalue weighted by Crippen LogP contribution is 2.25. The summed E-state index contributed by atoms with van der Waals surface area (Å²) in [7, 11) is 1.62. The van der Waals surface area contributed by atoms with Crippen molar-refractivity contribution in [3.63, 3.8) is 0 Å². The van der Waals surface area contributed by atoms with E-state index in [-0.39, 0.29) is 37.2 Å². The summed E-state index contributed by atoms with van der Waals surface area (Å²) < 4.78 is 5.34. The molecule has 1 aliphatic heterocycles. The number of hydrogen-bond donors (Lipinski definition) is 2. The molecule has 0 radical (unpaired) electrons. The Kier molecular flexibility index (Phi) is 9.29. The molecule has 1 aliphatic rings. The van der Waals surface area contributed by atoms with E-state index in [1.165, 1.54) is 9.80 Å². The third kappa shape index (κ3) is 6.86. The Balaban J connectivity index is 1.28. The number of H-pyrrole nitrogens is 1. The van der Waals surface area contributed by atoms with Crippen molar-refractivity contribution in [3.05, 3.63) is 94.9 Å². The van der Waals surface area contributed by atoms with Crippen LogP contribution in [0.2, 0.25) is 5.02 Å². The highest BCUT2D eigenvalue weighted by atomic mass is 35.5. The van der Waals surface area contributed by atoms with E-state index in [2.05, 4.69) is 15.3 Å². The zero-order valence-electron chi connectivity index (χ0n) is 23.1. The Morgan fingerprint density at radius 3 is 2.62 bits per heavy atom. The summed E-state index contributed by atoms with van der Waals surface area (Å²) in [6.07, 6.45) is 5.89. The number of ether oxygens (including phenoxy) is 1. The van der Waals surface area contributed by atoms with Gasteiger partial charge in [0.25, 0.3) is 0 Å². The van der Waals surface area contributed by atoms with Crippen LogP contribution in [0.1, 0.15) is 23.1 Å². The number of pyridine rings is 1. The van der Waals surface area contributed by atoms with Crippen LogP contribution in [0.4, 0.5) is 0 Å². The number of benzene rings is 2. The number of alkyl halides is 1. The van der Waals surface area contributed by atoms with Crippen molar-refractivity contribution < 1.29 is 19.1 Å². The summed E-state index contributed by atoms with van der Waals surface area (Å²) in [5.41, 5.74) is 2.93. The van der Waals surface area contributed by atoms with E-state index in [9.17, 15) is 14.4 Å². The summed E-state index contributed by atoms with van der Waals surface area (Å²) >= 11 is 12.7. The van der Waals surface area contributed by atoms with Crippen LogP contribution in [0.25, 0.3) is 10.9 Å². The quantitative estimate of drug-likeness (QED) is 0.195. The lowest BCUT2D eigenvalue weighted by molar-refractivity contribution is -0.158. The van der Waals surface area contributed by atoms with Gasteiger partial charge in [0.1, 0.15) is 23.8 Å². The number of fused-ring (bicyclic) bond motifs is 1. The highest BCUT2D eigenvalue weighted by Gasteiger charge is 2.42. The van der Waals surface area contributed by atoms with Crippen LogP contribution in [0, 0.1) is 0 Å². The lowest BCUT2D eigenvalue weighted by Gasteiger charge is -2.41. The van der Waals surface area contributed by atoms with Crippen LogP contribution in [0.5, 0.6) is 5.75 Å². The van der Waals surface area contributed by atoms with Gasteiger partial charge >= 0.3 is 0 Å². The molecule has 3 amide bonds. The van der Waals surface area contributed by atoms with Crippen LogP contribution >= 0.6 is 23.2 Å². The van der Waals surface area contributed by atoms with Gasteiger partial charge in [0.05, 0.1) is 13.5 Å². The van der Waals surface area contributed by atoms with Crippen LogP contribution < -0.4 is 10.1 Å². The maximum Gasteiger partial charge on any atom is 0.247 e. The van der Waals surface area contributed by atoms with E-state index in [0.717, 1.165) is 33.3 Å². The molecular weight excluding hydrogens is 577 g/mol. The van der Waals surface area contributed by atoms with Gasteiger partial charge in [-0.05, 0) is 65.6 Å². The second kappa shape index (κ2) is 13.3. The molecule has 42 heavy (non-hydrogen) atoms. The molecule has 0 bridgehead atoms. The number of carbonyl (C=O) groups is 3. The van der Waals surface area contributed by atoms with E-state index in [1.807, 2.05) is 36.5 Å². The highest BCUT2D eigenvalue weighted by molar-refractivity contribution is 6.30. The van der Waals surface area contributed by atoms with Gasteiger partial charge in [0.2, 0.25) is 17.7 Å². The zero-order valence-corrected chi connectivity index (χ0v) is 24.6. The molecule has 0 spiro atoms. The average Bonchev–Trinajstić information content (AvgIpc) is 3.40. The summed E-state index contributed by atoms with van der Waals surface area (Å²) in [6, 6.07) is 15.5. The third-order valence-corrected chi connectivity index (χ3v) is 8.04. The molecule has 2 unspecified atom stereocenters. The van der Waals surface area contributed by atoms with E-state index in [4.69, 9.17) is 27.9 Å².